The van der Waals surface area contributed by atoms with Crippen LogP contribution in [0.2, 0.25) is 0 Å². The molecule has 1 N–H and O–H groups in total. The molecule has 7 nitrogen and oxygen atoms in total. The molecule has 0 radical (unpaired) electrons. The van der Waals surface area contributed by atoms with Crippen molar-refractivity contribution in [2.75, 3.05) is 0 Å². The summed E-state index contributed by atoms with van der Waals surface area (Å²) in [6.07, 6.45) is 3.10. The van der Waals surface area contributed by atoms with Crippen molar-refractivity contribution in [1.29, 1.82) is 0 Å². The molecule has 0 amide bonds. The Labute approximate surface area is 190 Å². The third-order valence-electron chi connectivity index (χ3n) is 4.92. The number of benzene rings is 2. The van der Waals surface area contributed by atoms with Crippen molar-refractivity contribution in [2.45, 2.75) is 61.5 Å². The second-order valence-corrected chi connectivity index (χ2v) is 8.52. The summed E-state index contributed by atoms with van der Waals surface area (Å²) >= 11 is 1.49. The van der Waals surface area contributed by atoms with Gasteiger partial charge in [-0.3, -0.25) is 14.4 Å². The highest BCUT2D eigenvalue weighted by atomic mass is 32.2. The molecule has 0 atom stereocenters. The standard InChI is InChI=1S/C24H25NO6S/c1-2-3-4-5-6-20(25-29)23(28)16-7-11-18(12-8-16)32-19-13-9-17(10-14-19)24-30-21(26)15-22(27)31-24/h7-14,24,29H,2-6,15H2,1H3. The minimum atomic E-state index is -1.02. The van der Waals surface area contributed by atoms with Gasteiger partial charge in [0.15, 0.2) is 0 Å². The number of rotatable bonds is 10. The third kappa shape index (κ3) is 6.43. The van der Waals surface area contributed by atoms with Crippen LogP contribution in [0, 0.1) is 0 Å². The molecule has 0 spiro atoms. The van der Waals surface area contributed by atoms with Gasteiger partial charge in [-0.1, -0.05) is 55.2 Å². The van der Waals surface area contributed by atoms with Gasteiger partial charge in [-0.15, -0.1) is 0 Å². The van der Waals surface area contributed by atoms with Crippen LogP contribution >= 0.6 is 11.8 Å². The molecule has 1 heterocycles. The second kappa shape index (κ2) is 11.5. The van der Waals surface area contributed by atoms with E-state index in [-0.39, 0.29) is 17.9 Å². The number of carbonyl (C=O) groups is 3. The van der Waals surface area contributed by atoms with Crippen LogP contribution < -0.4 is 0 Å². The van der Waals surface area contributed by atoms with E-state index in [2.05, 4.69) is 12.1 Å². The first-order valence-electron chi connectivity index (χ1n) is 10.5. The van der Waals surface area contributed by atoms with Crippen molar-refractivity contribution in [3.63, 3.8) is 0 Å². The van der Waals surface area contributed by atoms with Crippen molar-refractivity contribution in [2.24, 2.45) is 5.16 Å². The van der Waals surface area contributed by atoms with Gasteiger partial charge >= 0.3 is 11.9 Å². The molecule has 8 heteroatoms. The molecule has 168 valence electrons. The summed E-state index contributed by atoms with van der Waals surface area (Å²) in [4.78, 5) is 37.2. The van der Waals surface area contributed by atoms with E-state index in [0.29, 0.717) is 17.5 Å². The smallest absolute Gasteiger partial charge is 0.320 e. The Morgan fingerprint density at radius 2 is 1.56 bits per heavy atom. The molecule has 1 fully saturated rings. The van der Waals surface area contributed by atoms with Crippen LogP contribution in [0.3, 0.4) is 0 Å². The maximum atomic E-state index is 12.6. The molecule has 2 aromatic rings. The van der Waals surface area contributed by atoms with Gasteiger partial charge in [0, 0.05) is 20.9 Å². The highest BCUT2D eigenvalue weighted by Crippen LogP contribution is 2.31. The van der Waals surface area contributed by atoms with Crippen LogP contribution in [0.4, 0.5) is 0 Å². The van der Waals surface area contributed by atoms with E-state index in [9.17, 15) is 19.6 Å². The van der Waals surface area contributed by atoms with Crippen molar-refractivity contribution < 1.29 is 29.1 Å². The van der Waals surface area contributed by atoms with Crippen LogP contribution in [0.15, 0.2) is 63.5 Å². The van der Waals surface area contributed by atoms with E-state index in [0.717, 1.165) is 35.5 Å². The number of nitrogens with zero attached hydrogens (tertiary/aromatic N) is 1. The summed E-state index contributed by atoms with van der Waals surface area (Å²) in [6.45, 7) is 2.12. The number of carbonyl (C=O) groups excluding carboxylic acids is 3. The molecule has 1 saturated heterocycles. The highest BCUT2D eigenvalue weighted by molar-refractivity contribution is 7.99. The van der Waals surface area contributed by atoms with Gasteiger partial charge in [0.2, 0.25) is 5.78 Å². The first kappa shape index (κ1) is 23.5. The maximum Gasteiger partial charge on any atom is 0.320 e. The molecular formula is C24H25NO6S. The van der Waals surface area contributed by atoms with Gasteiger partial charge in [-0.2, -0.15) is 0 Å². The third-order valence-corrected chi connectivity index (χ3v) is 5.94. The molecule has 2 aromatic carbocycles. The van der Waals surface area contributed by atoms with Crippen molar-refractivity contribution in [3.8, 4) is 0 Å². The number of unbranched alkanes of at least 4 members (excludes halogenated alkanes) is 3. The van der Waals surface area contributed by atoms with Crippen LogP contribution in [0.5, 0.6) is 0 Å². The fraction of sp³-hybridized carbons (Fsp3) is 0.333. The van der Waals surface area contributed by atoms with E-state index >= 15 is 0 Å². The van der Waals surface area contributed by atoms with Gasteiger partial charge in [0.05, 0.1) is 0 Å². The quantitative estimate of drug-likeness (QED) is 0.0985. The molecule has 0 aliphatic carbocycles. The zero-order valence-electron chi connectivity index (χ0n) is 17.8. The molecule has 1 aliphatic heterocycles. The Morgan fingerprint density at radius 3 is 2.12 bits per heavy atom. The van der Waals surface area contributed by atoms with Gasteiger partial charge in [-0.05, 0) is 49.2 Å². The van der Waals surface area contributed by atoms with Crippen molar-refractivity contribution in [3.05, 3.63) is 59.7 Å². The Morgan fingerprint density at radius 1 is 0.969 bits per heavy atom. The molecule has 0 saturated carbocycles. The topological polar surface area (TPSA) is 102 Å². The monoisotopic (exact) mass is 455 g/mol. The first-order valence-corrected chi connectivity index (χ1v) is 11.3. The summed E-state index contributed by atoms with van der Waals surface area (Å²) in [5.74, 6) is -1.47. The molecule has 0 bridgehead atoms. The van der Waals surface area contributed by atoms with E-state index in [4.69, 9.17) is 9.47 Å². The average Bonchev–Trinajstić information content (AvgIpc) is 2.79. The molecule has 0 unspecified atom stereocenters. The summed E-state index contributed by atoms with van der Waals surface area (Å²) in [5, 5.41) is 12.4. The zero-order valence-corrected chi connectivity index (χ0v) is 18.6. The largest absolute Gasteiger partial charge is 0.420 e. The van der Waals surface area contributed by atoms with Gasteiger partial charge in [0.25, 0.3) is 6.29 Å². The summed E-state index contributed by atoms with van der Waals surface area (Å²) < 4.78 is 10.1. The fourth-order valence-electron chi connectivity index (χ4n) is 3.20. The van der Waals surface area contributed by atoms with Crippen molar-refractivity contribution >= 4 is 35.2 Å². The zero-order chi connectivity index (χ0) is 22.9. The number of esters is 2. The predicted molar refractivity (Wildman–Crippen MR) is 119 cm³/mol. The van der Waals surface area contributed by atoms with E-state index in [1.165, 1.54) is 11.8 Å². The predicted octanol–water partition coefficient (Wildman–Crippen LogP) is 5.31. The minimum Gasteiger partial charge on any atom is -0.420 e. The maximum absolute atomic E-state index is 12.6. The van der Waals surface area contributed by atoms with Crippen LogP contribution in [0.1, 0.15) is 67.7 Å². The Balaban J connectivity index is 1.58. The van der Waals surface area contributed by atoms with E-state index < -0.39 is 18.2 Å². The Kier molecular flexibility index (Phi) is 8.44. The van der Waals surface area contributed by atoms with Crippen LogP contribution in [-0.4, -0.2) is 28.6 Å². The first-order chi connectivity index (χ1) is 15.5. The number of cyclic esters (lactones) is 2. The van der Waals surface area contributed by atoms with Gasteiger partial charge < -0.3 is 14.7 Å². The highest BCUT2D eigenvalue weighted by Gasteiger charge is 2.29. The van der Waals surface area contributed by atoms with Crippen LogP contribution in [0.25, 0.3) is 0 Å². The number of hydrogen-bond donors (Lipinski definition) is 1. The normalized spacial score (nSPS) is 14.7. The Hall–Kier alpha value is -3.13. The summed E-state index contributed by atoms with van der Waals surface area (Å²) in [7, 11) is 0. The SMILES string of the molecule is CCCCCCC(=NO)C(=O)c1ccc(Sc2ccc(C3OC(=O)CC(=O)O3)cc2)cc1. The summed E-state index contributed by atoms with van der Waals surface area (Å²) in [6, 6.07) is 14.3. The lowest BCUT2D eigenvalue weighted by molar-refractivity contribution is -0.204. The van der Waals surface area contributed by atoms with E-state index in [1.807, 2.05) is 24.3 Å². The number of Topliss-reactive ketones (excluding diaryl/α,β-unsaturated/α-hetero) is 1. The van der Waals surface area contributed by atoms with Crippen molar-refractivity contribution in [1.82, 2.24) is 0 Å². The van der Waals surface area contributed by atoms with Crippen LogP contribution in [-0.2, 0) is 19.1 Å². The van der Waals surface area contributed by atoms with Gasteiger partial charge in [0.1, 0.15) is 12.1 Å². The number of ketones is 1. The average molecular weight is 456 g/mol. The number of ether oxygens (including phenoxy) is 2. The lowest BCUT2D eigenvalue weighted by atomic mass is 10.0. The molecule has 1 aliphatic rings. The van der Waals surface area contributed by atoms with Gasteiger partial charge in [-0.25, -0.2) is 0 Å². The minimum absolute atomic E-state index is 0.182. The Bertz CT molecular complexity index is 969. The number of oxime groups is 1. The fourth-order valence-corrected chi connectivity index (χ4v) is 4.01. The lowest BCUT2D eigenvalue weighted by Crippen LogP contribution is -2.26. The molecule has 0 aromatic heterocycles. The molecular weight excluding hydrogens is 430 g/mol. The molecule has 3 rings (SSSR count). The summed E-state index contributed by atoms with van der Waals surface area (Å²) in [5.41, 5.74) is 1.24. The number of hydrogen-bond acceptors (Lipinski definition) is 8. The molecule has 32 heavy (non-hydrogen) atoms. The second-order valence-electron chi connectivity index (χ2n) is 7.37. The lowest BCUT2D eigenvalue weighted by Gasteiger charge is -2.22. The van der Waals surface area contributed by atoms with E-state index in [1.54, 1.807) is 24.3 Å².